The van der Waals surface area contributed by atoms with E-state index in [-0.39, 0.29) is 11.7 Å². The maximum atomic E-state index is 12.8. The third-order valence-electron chi connectivity index (χ3n) is 4.63. The second kappa shape index (κ2) is 8.00. The number of rotatable bonds is 3. The summed E-state index contributed by atoms with van der Waals surface area (Å²) >= 11 is 0. The van der Waals surface area contributed by atoms with Gasteiger partial charge in [0.05, 0.1) is 5.56 Å². The summed E-state index contributed by atoms with van der Waals surface area (Å²) in [5.74, 6) is 0. The van der Waals surface area contributed by atoms with E-state index in [0.717, 1.165) is 31.8 Å². The highest BCUT2D eigenvalue weighted by Gasteiger charge is 2.30. The number of hydrogen-bond acceptors (Lipinski definition) is 2. The van der Waals surface area contributed by atoms with Gasteiger partial charge in [-0.05, 0) is 30.7 Å². The first kappa shape index (κ1) is 19.2. The molecule has 0 aliphatic carbocycles. The maximum Gasteiger partial charge on any atom is 0.416 e. The summed E-state index contributed by atoms with van der Waals surface area (Å²) in [5, 5.41) is 2.56. The van der Waals surface area contributed by atoms with Crippen LogP contribution in [0.15, 0.2) is 48.5 Å². The Morgan fingerprint density at radius 3 is 2.33 bits per heavy atom. The Hall–Kier alpha value is -2.54. The number of nitrogens with one attached hydrogen (secondary N) is 1. The molecular weight excluding hydrogens is 355 g/mol. The lowest BCUT2D eigenvalue weighted by Crippen LogP contribution is -2.49. The van der Waals surface area contributed by atoms with Crippen LogP contribution in [0.25, 0.3) is 0 Å². The fourth-order valence-electron chi connectivity index (χ4n) is 3.04. The fraction of sp³-hybridized carbons (Fsp3) is 0.350. The predicted molar refractivity (Wildman–Crippen MR) is 98.5 cm³/mol. The highest BCUT2D eigenvalue weighted by Crippen LogP contribution is 2.30. The Morgan fingerprint density at radius 2 is 1.70 bits per heavy atom. The number of urea groups is 1. The van der Waals surface area contributed by atoms with E-state index < -0.39 is 11.7 Å². The molecule has 144 valence electrons. The molecule has 0 spiro atoms. The van der Waals surface area contributed by atoms with Crippen molar-refractivity contribution in [3.8, 4) is 0 Å². The monoisotopic (exact) mass is 377 g/mol. The number of amides is 2. The van der Waals surface area contributed by atoms with Crippen LogP contribution in [0.4, 0.5) is 23.7 Å². The normalized spacial score (nSPS) is 15.6. The van der Waals surface area contributed by atoms with E-state index in [0.29, 0.717) is 13.1 Å². The van der Waals surface area contributed by atoms with Crippen LogP contribution in [0.5, 0.6) is 0 Å². The molecule has 1 heterocycles. The van der Waals surface area contributed by atoms with Crippen molar-refractivity contribution in [3.63, 3.8) is 0 Å². The topological polar surface area (TPSA) is 35.6 Å². The lowest BCUT2D eigenvalue weighted by atomic mass is 10.1. The van der Waals surface area contributed by atoms with Gasteiger partial charge >= 0.3 is 12.2 Å². The molecule has 2 aromatic rings. The van der Waals surface area contributed by atoms with Crippen molar-refractivity contribution in [2.75, 3.05) is 31.5 Å². The molecule has 2 aromatic carbocycles. The van der Waals surface area contributed by atoms with E-state index in [1.807, 2.05) is 6.92 Å². The van der Waals surface area contributed by atoms with Crippen molar-refractivity contribution >= 4 is 11.7 Å². The molecule has 0 atom stereocenters. The number of benzene rings is 2. The minimum Gasteiger partial charge on any atom is -0.322 e. The second-order valence-electron chi connectivity index (χ2n) is 6.76. The van der Waals surface area contributed by atoms with Crippen LogP contribution in [0.2, 0.25) is 0 Å². The molecule has 1 aliphatic heterocycles. The molecule has 3 rings (SSSR count). The molecular formula is C20H22F3N3O. The summed E-state index contributed by atoms with van der Waals surface area (Å²) < 4.78 is 38.3. The molecule has 0 bridgehead atoms. The average molecular weight is 377 g/mol. The number of aryl methyl sites for hydroxylation is 1. The first-order valence-electron chi connectivity index (χ1n) is 8.82. The first-order valence-corrected chi connectivity index (χ1v) is 8.82. The summed E-state index contributed by atoms with van der Waals surface area (Å²) in [4.78, 5) is 16.2. The molecule has 0 saturated carbocycles. The highest BCUT2D eigenvalue weighted by atomic mass is 19.4. The van der Waals surface area contributed by atoms with Crippen LogP contribution in [-0.4, -0.2) is 42.0 Å². The van der Waals surface area contributed by atoms with Gasteiger partial charge in [0, 0.05) is 38.4 Å². The van der Waals surface area contributed by atoms with Crippen molar-refractivity contribution in [3.05, 3.63) is 65.2 Å². The largest absolute Gasteiger partial charge is 0.416 e. The van der Waals surface area contributed by atoms with Crippen LogP contribution in [0.3, 0.4) is 0 Å². The van der Waals surface area contributed by atoms with Gasteiger partial charge in [-0.25, -0.2) is 4.79 Å². The number of alkyl halides is 3. The number of carbonyl (C=O) groups is 1. The van der Waals surface area contributed by atoms with Crippen LogP contribution < -0.4 is 5.32 Å². The van der Waals surface area contributed by atoms with Gasteiger partial charge in [-0.2, -0.15) is 13.2 Å². The Balaban J connectivity index is 1.52. The molecule has 1 saturated heterocycles. The number of carbonyl (C=O) groups excluding carboxylic acids is 1. The average Bonchev–Trinajstić information content (AvgIpc) is 2.64. The summed E-state index contributed by atoms with van der Waals surface area (Å²) in [6, 6.07) is 12.7. The van der Waals surface area contributed by atoms with Gasteiger partial charge in [0.15, 0.2) is 0 Å². The van der Waals surface area contributed by atoms with Gasteiger partial charge in [0.2, 0.25) is 0 Å². The standard InChI is InChI=1S/C20H22F3N3O/c1-15-5-7-16(8-6-15)14-25-9-11-26(12-10-25)19(27)24-18-4-2-3-17(13-18)20(21,22)23/h2-8,13H,9-12,14H2,1H3,(H,24,27). The van der Waals surface area contributed by atoms with Crippen molar-refractivity contribution < 1.29 is 18.0 Å². The third kappa shape index (κ3) is 5.23. The zero-order valence-electron chi connectivity index (χ0n) is 15.1. The molecule has 1 N–H and O–H groups in total. The number of anilines is 1. The smallest absolute Gasteiger partial charge is 0.322 e. The van der Waals surface area contributed by atoms with Crippen LogP contribution in [-0.2, 0) is 12.7 Å². The van der Waals surface area contributed by atoms with Crippen LogP contribution in [0, 0.1) is 6.92 Å². The van der Waals surface area contributed by atoms with Crippen molar-refractivity contribution in [1.29, 1.82) is 0 Å². The quantitative estimate of drug-likeness (QED) is 0.863. The number of hydrogen-bond donors (Lipinski definition) is 1. The van der Waals surface area contributed by atoms with E-state index in [1.165, 1.54) is 23.3 Å². The van der Waals surface area contributed by atoms with Gasteiger partial charge < -0.3 is 10.2 Å². The van der Waals surface area contributed by atoms with E-state index in [2.05, 4.69) is 34.5 Å². The Bertz CT molecular complexity index is 782. The van der Waals surface area contributed by atoms with Crippen LogP contribution >= 0.6 is 0 Å². The van der Waals surface area contributed by atoms with E-state index in [1.54, 1.807) is 4.90 Å². The Kier molecular flexibility index (Phi) is 5.70. The van der Waals surface area contributed by atoms with Crippen molar-refractivity contribution in [2.24, 2.45) is 0 Å². The van der Waals surface area contributed by atoms with Gasteiger partial charge in [0.25, 0.3) is 0 Å². The molecule has 7 heteroatoms. The molecule has 1 aliphatic rings. The molecule has 0 aromatic heterocycles. The molecule has 1 fully saturated rings. The van der Waals surface area contributed by atoms with E-state index in [9.17, 15) is 18.0 Å². The lowest BCUT2D eigenvalue weighted by molar-refractivity contribution is -0.137. The SMILES string of the molecule is Cc1ccc(CN2CCN(C(=O)Nc3cccc(C(F)(F)F)c3)CC2)cc1. The second-order valence-corrected chi connectivity index (χ2v) is 6.76. The summed E-state index contributed by atoms with van der Waals surface area (Å²) in [6.45, 7) is 5.40. The Morgan fingerprint density at radius 1 is 1.04 bits per heavy atom. The molecule has 0 radical (unpaired) electrons. The van der Waals surface area contributed by atoms with Gasteiger partial charge in [-0.3, -0.25) is 4.90 Å². The number of halogens is 3. The Labute approximate surface area is 156 Å². The van der Waals surface area contributed by atoms with Crippen molar-refractivity contribution in [1.82, 2.24) is 9.80 Å². The molecule has 27 heavy (non-hydrogen) atoms. The first-order chi connectivity index (χ1) is 12.8. The summed E-state index contributed by atoms with van der Waals surface area (Å²) in [7, 11) is 0. The number of piperazine rings is 1. The summed E-state index contributed by atoms with van der Waals surface area (Å²) in [6.07, 6.45) is -4.43. The van der Waals surface area contributed by atoms with Crippen LogP contribution in [0.1, 0.15) is 16.7 Å². The minimum atomic E-state index is -4.43. The van der Waals surface area contributed by atoms with E-state index >= 15 is 0 Å². The van der Waals surface area contributed by atoms with Gasteiger partial charge in [0.1, 0.15) is 0 Å². The zero-order chi connectivity index (χ0) is 19.4. The highest BCUT2D eigenvalue weighted by molar-refractivity contribution is 5.89. The lowest BCUT2D eigenvalue weighted by Gasteiger charge is -2.34. The third-order valence-corrected chi connectivity index (χ3v) is 4.63. The summed E-state index contributed by atoms with van der Waals surface area (Å²) in [5.41, 5.74) is 1.82. The maximum absolute atomic E-state index is 12.8. The molecule has 2 amide bonds. The van der Waals surface area contributed by atoms with Gasteiger partial charge in [-0.15, -0.1) is 0 Å². The predicted octanol–water partition coefficient (Wildman–Crippen LogP) is 4.36. The molecule has 0 unspecified atom stereocenters. The minimum absolute atomic E-state index is 0.150. The van der Waals surface area contributed by atoms with Gasteiger partial charge in [-0.1, -0.05) is 35.9 Å². The fourth-order valence-corrected chi connectivity index (χ4v) is 3.04. The van der Waals surface area contributed by atoms with E-state index in [4.69, 9.17) is 0 Å². The van der Waals surface area contributed by atoms with Crippen molar-refractivity contribution in [2.45, 2.75) is 19.6 Å². The zero-order valence-corrected chi connectivity index (χ0v) is 15.1. The molecule has 4 nitrogen and oxygen atoms in total. The number of nitrogens with zero attached hydrogens (tertiary/aromatic N) is 2.